The van der Waals surface area contributed by atoms with Gasteiger partial charge in [0.15, 0.2) is 0 Å². The molecule has 5 heteroatoms. The minimum absolute atomic E-state index is 0.0260. The summed E-state index contributed by atoms with van der Waals surface area (Å²) in [6.07, 6.45) is 4.97. The smallest absolute Gasteiger partial charge is 0.315 e. The number of amides is 2. The highest BCUT2D eigenvalue weighted by Gasteiger charge is 2.12. The minimum Gasteiger partial charge on any atom is -0.338 e. The van der Waals surface area contributed by atoms with Gasteiger partial charge in [0.2, 0.25) is 0 Å². The van der Waals surface area contributed by atoms with Gasteiger partial charge < -0.3 is 10.6 Å². The van der Waals surface area contributed by atoms with Gasteiger partial charge in [0.25, 0.3) is 0 Å². The monoisotopic (exact) mass is 255 g/mol. The van der Waals surface area contributed by atoms with Gasteiger partial charge in [-0.05, 0) is 19.8 Å². The third-order valence-electron chi connectivity index (χ3n) is 2.45. The highest BCUT2D eigenvalue weighted by atomic mass is 32.1. The van der Waals surface area contributed by atoms with Crippen LogP contribution in [0.3, 0.4) is 0 Å². The standard InChI is InChI=1S/C12H21N3OS/c1-4-6-7-13-12(16)15-9(3)11-14-8-10(5-2)17-11/h8-9H,4-7H2,1-3H3,(H2,13,15,16). The first-order valence-corrected chi connectivity index (χ1v) is 6.98. The topological polar surface area (TPSA) is 54.0 Å². The summed E-state index contributed by atoms with van der Waals surface area (Å²) in [5, 5.41) is 6.69. The van der Waals surface area contributed by atoms with Gasteiger partial charge in [-0.25, -0.2) is 9.78 Å². The number of hydrogen-bond acceptors (Lipinski definition) is 3. The summed E-state index contributed by atoms with van der Waals surface area (Å²) in [6.45, 7) is 6.89. The number of aromatic nitrogens is 1. The van der Waals surface area contributed by atoms with Crippen LogP contribution < -0.4 is 10.6 Å². The second-order valence-electron chi connectivity index (χ2n) is 3.99. The van der Waals surface area contributed by atoms with Gasteiger partial charge in [-0.3, -0.25) is 0 Å². The van der Waals surface area contributed by atoms with E-state index >= 15 is 0 Å². The molecule has 0 saturated heterocycles. The highest BCUT2D eigenvalue weighted by Crippen LogP contribution is 2.19. The Labute approximate surface area is 107 Å². The molecule has 0 saturated carbocycles. The van der Waals surface area contributed by atoms with Crippen LogP contribution in [0, 0.1) is 0 Å². The number of aryl methyl sites for hydroxylation is 1. The number of carbonyl (C=O) groups excluding carboxylic acids is 1. The van der Waals surface area contributed by atoms with Gasteiger partial charge >= 0.3 is 6.03 Å². The number of thiazole rings is 1. The number of nitrogens with one attached hydrogen (secondary N) is 2. The largest absolute Gasteiger partial charge is 0.338 e. The van der Waals surface area contributed by atoms with Crippen molar-refractivity contribution >= 4 is 17.4 Å². The van der Waals surface area contributed by atoms with Gasteiger partial charge in [0, 0.05) is 17.6 Å². The van der Waals surface area contributed by atoms with Crippen LogP contribution in [0.25, 0.3) is 0 Å². The van der Waals surface area contributed by atoms with Crippen LogP contribution in [0.2, 0.25) is 0 Å². The summed E-state index contributed by atoms with van der Waals surface area (Å²) in [6, 6.07) is -0.138. The molecule has 0 fully saturated rings. The first kappa shape index (κ1) is 14.0. The predicted molar refractivity (Wildman–Crippen MR) is 71.3 cm³/mol. The molecule has 0 aliphatic rings. The van der Waals surface area contributed by atoms with Crippen molar-refractivity contribution in [2.24, 2.45) is 0 Å². The molecule has 0 radical (unpaired) electrons. The van der Waals surface area contributed by atoms with Crippen molar-refractivity contribution in [2.45, 2.75) is 46.1 Å². The fourth-order valence-electron chi connectivity index (χ4n) is 1.37. The van der Waals surface area contributed by atoms with Crippen LogP contribution in [0.5, 0.6) is 0 Å². The van der Waals surface area contributed by atoms with Crippen molar-refractivity contribution in [3.63, 3.8) is 0 Å². The van der Waals surface area contributed by atoms with Gasteiger partial charge in [0.1, 0.15) is 5.01 Å². The van der Waals surface area contributed by atoms with E-state index in [0.717, 1.165) is 30.8 Å². The molecule has 1 heterocycles. The maximum atomic E-state index is 11.5. The van der Waals surface area contributed by atoms with Crippen LogP contribution in [0.4, 0.5) is 4.79 Å². The van der Waals surface area contributed by atoms with E-state index in [1.165, 1.54) is 4.88 Å². The zero-order chi connectivity index (χ0) is 12.7. The lowest BCUT2D eigenvalue weighted by Crippen LogP contribution is -2.37. The van der Waals surface area contributed by atoms with E-state index in [1.807, 2.05) is 13.1 Å². The van der Waals surface area contributed by atoms with Crippen LogP contribution in [-0.4, -0.2) is 17.6 Å². The third kappa shape index (κ3) is 4.73. The summed E-state index contributed by atoms with van der Waals surface area (Å²) < 4.78 is 0. The van der Waals surface area contributed by atoms with E-state index < -0.39 is 0 Å². The molecule has 0 aromatic carbocycles. The maximum Gasteiger partial charge on any atom is 0.315 e. The molecule has 0 bridgehead atoms. The van der Waals surface area contributed by atoms with E-state index in [4.69, 9.17) is 0 Å². The first-order chi connectivity index (χ1) is 8.17. The molecule has 2 amide bonds. The summed E-state index contributed by atoms with van der Waals surface area (Å²) in [7, 11) is 0. The first-order valence-electron chi connectivity index (χ1n) is 6.16. The SMILES string of the molecule is CCCCNC(=O)NC(C)c1ncc(CC)s1. The Kier molecular flexibility index (Phi) is 5.97. The lowest BCUT2D eigenvalue weighted by Gasteiger charge is -2.12. The van der Waals surface area contributed by atoms with Gasteiger partial charge in [-0.15, -0.1) is 11.3 Å². The van der Waals surface area contributed by atoms with Crippen molar-refractivity contribution in [2.75, 3.05) is 6.54 Å². The van der Waals surface area contributed by atoms with Crippen molar-refractivity contribution < 1.29 is 4.79 Å². The minimum atomic E-state index is -0.112. The molecule has 0 aliphatic carbocycles. The summed E-state index contributed by atoms with van der Waals surface area (Å²) in [5.41, 5.74) is 0. The Morgan fingerprint density at radius 1 is 1.53 bits per heavy atom. The quantitative estimate of drug-likeness (QED) is 0.768. The Morgan fingerprint density at radius 3 is 2.88 bits per heavy atom. The molecule has 17 heavy (non-hydrogen) atoms. The van der Waals surface area contributed by atoms with Crippen molar-refractivity contribution in [1.29, 1.82) is 0 Å². The number of rotatable bonds is 6. The van der Waals surface area contributed by atoms with E-state index in [0.29, 0.717) is 0 Å². The van der Waals surface area contributed by atoms with Crippen LogP contribution in [-0.2, 0) is 6.42 Å². The molecular formula is C12H21N3OS. The Hall–Kier alpha value is -1.10. The van der Waals surface area contributed by atoms with E-state index in [-0.39, 0.29) is 12.1 Å². The molecule has 1 aromatic heterocycles. The molecule has 1 atom stereocenters. The van der Waals surface area contributed by atoms with Gasteiger partial charge in [-0.2, -0.15) is 0 Å². The number of hydrogen-bond donors (Lipinski definition) is 2. The molecule has 2 N–H and O–H groups in total. The molecule has 4 nitrogen and oxygen atoms in total. The Bertz CT molecular complexity index is 351. The average Bonchev–Trinajstić information content (AvgIpc) is 2.78. The number of nitrogens with zero attached hydrogens (tertiary/aromatic N) is 1. The van der Waals surface area contributed by atoms with Gasteiger partial charge in [-0.1, -0.05) is 20.3 Å². The number of carbonyl (C=O) groups is 1. The molecule has 0 aliphatic heterocycles. The van der Waals surface area contributed by atoms with Crippen molar-refractivity contribution in [3.05, 3.63) is 16.1 Å². The second-order valence-corrected chi connectivity index (χ2v) is 5.14. The molecule has 1 unspecified atom stereocenters. The Morgan fingerprint density at radius 2 is 2.29 bits per heavy atom. The zero-order valence-corrected chi connectivity index (χ0v) is 11.6. The van der Waals surface area contributed by atoms with E-state index in [9.17, 15) is 4.79 Å². The number of urea groups is 1. The summed E-state index contributed by atoms with van der Waals surface area (Å²) in [4.78, 5) is 17.1. The molecule has 1 aromatic rings. The van der Waals surface area contributed by atoms with Crippen LogP contribution >= 0.6 is 11.3 Å². The van der Waals surface area contributed by atoms with Crippen LogP contribution in [0.15, 0.2) is 6.20 Å². The lowest BCUT2D eigenvalue weighted by molar-refractivity contribution is 0.237. The Balaban J connectivity index is 2.37. The molecule has 96 valence electrons. The maximum absolute atomic E-state index is 11.5. The zero-order valence-electron chi connectivity index (χ0n) is 10.7. The van der Waals surface area contributed by atoms with Crippen molar-refractivity contribution in [1.82, 2.24) is 15.6 Å². The second kappa shape index (κ2) is 7.27. The molecule has 0 spiro atoms. The van der Waals surface area contributed by atoms with E-state index in [2.05, 4.69) is 29.5 Å². The summed E-state index contributed by atoms with van der Waals surface area (Å²) >= 11 is 1.66. The number of unbranched alkanes of at least 4 members (excludes halogenated alkanes) is 1. The fourth-order valence-corrected chi connectivity index (χ4v) is 2.23. The highest BCUT2D eigenvalue weighted by molar-refractivity contribution is 7.11. The van der Waals surface area contributed by atoms with Crippen LogP contribution in [0.1, 0.15) is 49.5 Å². The summed E-state index contributed by atoms with van der Waals surface area (Å²) in [5.74, 6) is 0. The van der Waals surface area contributed by atoms with Crippen molar-refractivity contribution in [3.8, 4) is 0 Å². The van der Waals surface area contributed by atoms with E-state index in [1.54, 1.807) is 11.3 Å². The van der Waals surface area contributed by atoms with Gasteiger partial charge in [0.05, 0.1) is 6.04 Å². The third-order valence-corrected chi connectivity index (χ3v) is 3.78. The molecular weight excluding hydrogens is 234 g/mol. The fraction of sp³-hybridized carbons (Fsp3) is 0.667. The predicted octanol–water partition coefficient (Wildman–Crippen LogP) is 2.87. The molecule has 1 rings (SSSR count). The normalized spacial score (nSPS) is 12.2. The average molecular weight is 255 g/mol. The lowest BCUT2D eigenvalue weighted by atomic mass is 10.3.